The lowest BCUT2D eigenvalue weighted by molar-refractivity contribution is 0.0622. The highest BCUT2D eigenvalue weighted by atomic mass is 15.2. The van der Waals surface area contributed by atoms with Crippen molar-refractivity contribution in [2.75, 3.05) is 13.1 Å². The van der Waals surface area contributed by atoms with Gasteiger partial charge < -0.3 is 5.73 Å². The molecule has 0 aromatic heterocycles. The minimum atomic E-state index is 0.334. The summed E-state index contributed by atoms with van der Waals surface area (Å²) in [5, 5.41) is 0. The van der Waals surface area contributed by atoms with Crippen LogP contribution in [0.2, 0.25) is 0 Å². The molecule has 2 atom stereocenters. The van der Waals surface area contributed by atoms with Crippen molar-refractivity contribution >= 4 is 0 Å². The van der Waals surface area contributed by atoms with E-state index in [-0.39, 0.29) is 0 Å². The van der Waals surface area contributed by atoms with Crippen LogP contribution in [0.25, 0.3) is 0 Å². The Kier molecular flexibility index (Phi) is 2.16. The molecule has 0 radical (unpaired) electrons. The molecule has 2 aliphatic rings. The summed E-state index contributed by atoms with van der Waals surface area (Å²) in [6, 6.07) is 0.499. The van der Waals surface area contributed by atoms with Crippen molar-refractivity contribution in [1.29, 1.82) is 0 Å². The third-order valence-electron chi connectivity index (χ3n) is 3.86. The second kappa shape index (κ2) is 2.96. The summed E-state index contributed by atoms with van der Waals surface area (Å²) in [6.45, 7) is 9.37. The summed E-state index contributed by atoms with van der Waals surface area (Å²) in [5.41, 5.74) is 6.50. The zero-order valence-corrected chi connectivity index (χ0v) is 9.09. The van der Waals surface area contributed by atoms with Gasteiger partial charge in [0.15, 0.2) is 0 Å². The second-order valence-electron chi connectivity index (χ2n) is 5.75. The van der Waals surface area contributed by atoms with E-state index in [4.69, 9.17) is 5.73 Å². The lowest BCUT2D eigenvalue weighted by Crippen LogP contribution is -2.54. The minimum absolute atomic E-state index is 0.334. The van der Waals surface area contributed by atoms with Crippen LogP contribution in [0.4, 0.5) is 0 Å². The molecule has 0 aromatic carbocycles. The molecule has 2 heteroatoms. The molecular formula is C11H22N2. The normalized spacial score (nSPS) is 41.1. The Morgan fingerprint density at radius 1 is 1.08 bits per heavy atom. The van der Waals surface area contributed by atoms with Gasteiger partial charge in [-0.25, -0.2) is 0 Å². The fraction of sp³-hybridized carbons (Fsp3) is 1.00. The quantitative estimate of drug-likeness (QED) is 0.614. The van der Waals surface area contributed by atoms with Crippen LogP contribution in [-0.4, -0.2) is 29.6 Å². The molecule has 0 amide bonds. The minimum Gasteiger partial charge on any atom is -0.327 e. The first-order valence-electron chi connectivity index (χ1n) is 5.49. The van der Waals surface area contributed by atoms with Gasteiger partial charge >= 0.3 is 0 Å². The lowest BCUT2D eigenvalue weighted by Gasteiger charge is -2.43. The Labute approximate surface area is 81.5 Å². The molecule has 2 nitrogen and oxygen atoms in total. The molecule has 13 heavy (non-hydrogen) atoms. The van der Waals surface area contributed by atoms with E-state index in [0.717, 1.165) is 11.8 Å². The molecule has 2 N–H and O–H groups in total. The number of nitrogens with two attached hydrogens (primary N) is 1. The maximum atomic E-state index is 6.16. The van der Waals surface area contributed by atoms with E-state index in [9.17, 15) is 0 Å². The first-order chi connectivity index (χ1) is 5.98. The first kappa shape index (κ1) is 9.47. The molecule has 0 spiro atoms. The highest BCUT2D eigenvalue weighted by Gasteiger charge is 2.42. The van der Waals surface area contributed by atoms with Crippen molar-refractivity contribution in [3.63, 3.8) is 0 Å². The van der Waals surface area contributed by atoms with Crippen LogP contribution in [0.15, 0.2) is 0 Å². The number of rotatable bonds is 0. The molecule has 1 aliphatic carbocycles. The summed E-state index contributed by atoms with van der Waals surface area (Å²) >= 11 is 0. The van der Waals surface area contributed by atoms with Crippen LogP contribution < -0.4 is 5.73 Å². The van der Waals surface area contributed by atoms with Crippen LogP contribution in [-0.2, 0) is 0 Å². The van der Waals surface area contributed by atoms with Crippen LogP contribution in [0.5, 0.6) is 0 Å². The van der Waals surface area contributed by atoms with Gasteiger partial charge in [-0.1, -0.05) is 0 Å². The standard InChI is InChI=1S/C11H22N2/c1-11(2,3)13-6-8-4-5-9(7-13)10(8)12/h8-10H,4-7,12H2,1-3H3/t8-,9-/m1/s1. The Bertz CT molecular complexity index is 181. The summed E-state index contributed by atoms with van der Waals surface area (Å²) < 4.78 is 0. The second-order valence-corrected chi connectivity index (χ2v) is 5.75. The van der Waals surface area contributed by atoms with Crippen LogP contribution >= 0.6 is 0 Å². The molecular weight excluding hydrogens is 160 g/mol. The molecule has 2 rings (SSSR count). The van der Waals surface area contributed by atoms with E-state index in [2.05, 4.69) is 25.7 Å². The van der Waals surface area contributed by atoms with E-state index in [1.54, 1.807) is 0 Å². The van der Waals surface area contributed by atoms with E-state index < -0.39 is 0 Å². The molecule has 1 saturated heterocycles. The Balaban J connectivity index is 2.07. The Morgan fingerprint density at radius 2 is 1.54 bits per heavy atom. The topological polar surface area (TPSA) is 29.3 Å². The number of hydrogen-bond acceptors (Lipinski definition) is 2. The van der Waals surface area contributed by atoms with Gasteiger partial charge in [0, 0.05) is 24.7 Å². The van der Waals surface area contributed by atoms with Crippen molar-refractivity contribution < 1.29 is 0 Å². The zero-order chi connectivity index (χ0) is 9.64. The number of piperidine rings is 1. The smallest absolute Gasteiger partial charge is 0.0125 e. The summed E-state index contributed by atoms with van der Waals surface area (Å²) in [6.07, 6.45) is 2.72. The van der Waals surface area contributed by atoms with Crippen molar-refractivity contribution in [3.8, 4) is 0 Å². The molecule has 2 fully saturated rings. The fourth-order valence-corrected chi connectivity index (χ4v) is 2.81. The van der Waals surface area contributed by atoms with Crippen molar-refractivity contribution in [3.05, 3.63) is 0 Å². The summed E-state index contributed by atoms with van der Waals surface area (Å²) in [5.74, 6) is 1.55. The van der Waals surface area contributed by atoms with Gasteiger partial charge in [-0.3, -0.25) is 4.90 Å². The number of nitrogens with zero attached hydrogens (tertiary/aromatic N) is 1. The van der Waals surface area contributed by atoms with Gasteiger partial charge in [0.05, 0.1) is 0 Å². The highest BCUT2D eigenvalue weighted by molar-refractivity contribution is 4.98. The van der Waals surface area contributed by atoms with Gasteiger partial charge in [-0.05, 0) is 45.4 Å². The van der Waals surface area contributed by atoms with Gasteiger partial charge in [-0.2, -0.15) is 0 Å². The molecule has 1 heterocycles. The van der Waals surface area contributed by atoms with E-state index in [1.165, 1.54) is 25.9 Å². The van der Waals surface area contributed by atoms with E-state index >= 15 is 0 Å². The lowest BCUT2D eigenvalue weighted by atomic mass is 9.90. The maximum Gasteiger partial charge on any atom is 0.0125 e. The van der Waals surface area contributed by atoms with Crippen molar-refractivity contribution in [2.45, 2.75) is 45.2 Å². The van der Waals surface area contributed by atoms with Gasteiger partial charge in [0.25, 0.3) is 0 Å². The molecule has 76 valence electrons. The van der Waals surface area contributed by atoms with Gasteiger partial charge in [-0.15, -0.1) is 0 Å². The largest absolute Gasteiger partial charge is 0.327 e. The first-order valence-corrected chi connectivity index (χ1v) is 5.49. The van der Waals surface area contributed by atoms with Gasteiger partial charge in [0.2, 0.25) is 0 Å². The van der Waals surface area contributed by atoms with Gasteiger partial charge in [0.1, 0.15) is 0 Å². The molecule has 1 aliphatic heterocycles. The van der Waals surface area contributed by atoms with E-state index in [0.29, 0.717) is 11.6 Å². The van der Waals surface area contributed by atoms with Crippen molar-refractivity contribution in [2.24, 2.45) is 17.6 Å². The molecule has 1 saturated carbocycles. The molecule has 0 aromatic rings. The predicted molar refractivity (Wildman–Crippen MR) is 55.5 cm³/mol. The Morgan fingerprint density at radius 3 is 1.92 bits per heavy atom. The molecule has 0 unspecified atom stereocenters. The monoisotopic (exact) mass is 182 g/mol. The average molecular weight is 182 g/mol. The molecule has 2 bridgehead atoms. The third kappa shape index (κ3) is 1.62. The third-order valence-corrected chi connectivity index (χ3v) is 3.86. The summed E-state index contributed by atoms with van der Waals surface area (Å²) in [7, 11) is 0. The zero-order valence-electron chi connectivity index (χ0n) is 9.09. The van der Waals surface area contributed by atoms with E-state index in [1.807, 2.05) is 0 Å². The average Bonchev–Trinajstić information content (AvgIpc) is 2.29. The fourth-order valence-electron chi connectivity index (χ4n) is 2.81. The number of likely N-dealkylation sites (tertiary alicyclic amines) is 1. The Hall–Kier alpha value is -0.0800. The van der Waals surface area contributed by atoms with Crippen LogP contribution in [0.1, 0.15) is 33.6 Å². The highest BCUT2D eigenvalue weighted by Crippen LogP contribution is 2.37. The van der Waals surface area contributed by atoms with Crippen LogP contribution in [0.3, 0.4) is 0 Å². The number of hydrogen-bond donors (Lipinski definition) is 1. The SMILES string of the molecule is CC(C)(C)N1C[C@H]2CC[C@H](C1)C2N. The van der Waals surface area contributed by atoms with Crippen molar-refractivity contribution in [1.82, 2.24) is 4.90 Å². The number of fused-ring (bicyclic) bond motifs is 2. The van der Waals surface area contributed by atoms with Crippen LogP contribution in [0, 0.1) is 11.8 Å². The maximum absolute atomic E-state index is 6.16. The summed E-state index contributed by atoms with van der Waals surface area (Å²) in [4.78, 5) is 2.61. The predicted octanol–water partition coefficient (Wildman–Crippen LogP) is 1.45.